The van der Waals surface area contributed by atoms with Gasteiger partial charge in [0.05, 0.1) is 22.8 Å². The van der Waals surface area contributed by atoms with E-state index in [0.29, 0.717) is 44.3 Å². The number of esters is 1. The van der Waals surface area contributed by atoms with E-state index in [-0.39, 0.29) is 18.1 Å². The molecular weight excluding hydrogens is 486 g/mol. The number of nitrogens with one attached hydrogen (secondary N) is 2. The molecule has 0 aliphatic heterocycles. The number of hydrogen-bond donors (Lipinski definition) is 2. The van der Waals surface area contributed by atoms with Gasteiger partial charge in [-0.3, -0.25) is 9.59 Å². The summed E-state index contributed by atoms with van der Waals surface area (Å²) < 4.78 is 5.06. The Hall–Kier alpha value is -4.61. The number of H-pyrrole nitrogens is 1. The molecule has 1 heterocycles. The number of carbonyl (C=O) groups is 2. The molecule has 7 nitrogen and oxygen atoms in total. The van der Waals surface area contributed by atoms with Crippen LogP contribution in [0.3, 0.4) is 0 Å². The Morgan fingerprint density at radius 1 is 0.973 bits per heavy atom. The lowest BCUT2D eigenvalue weighted by atomic mass is 10.00. The van der Waals surface area contributed by atoms with Gasteiger partial charge in [-0.05, 0) is 54.4 Å². The van der Waals surface area contributed by atoms with Crippen molar-refractivity contribution in [2.45, 2.75) is 17.7 Å². The van der Waals surface area contributed by atoms with Crippen molar-refractivity contribution in [1.82, 2.24) is 4.98 Å². The number of anilines is 1. The van der Waals surface area contributed by atoms with Crippen LogP contribution in [0.2, 0.25) is 0 Å². The maximum atomic E-state index is 12.8. The van der Waals surface area contributed by atoms with Crippen LogP contribution in [0.4, 0.5) is 5.69 Å². The Labute approximate surface area is 218 Å². The van der Waals surface area contributed by atoms with Crippen LogP contribution in [-0.4, -0.2) is 23.5 Å². The zero-order valence-corrected chi connectivity index (χ0v) is 20.8. The van der Waals surface area contributed by atoms with Crippen LogP contribution in [0.25, 0.3) is 11.1 Å². The van der Waals surface area contributed by atoms with Crippen LogP contribution in [0.5, 0.6) is 0 Å². The summed E-state index contributed by atoms with van der Waals surface area (Å²) in [7, 11) is 0. The molecule has 184 valence electrons. The lowest BCUT2D eigenvalue weighted by Gasteiger charge is -2.11. The van der Waals surface area contributed by atoms with Crippen LogP contribution < -0.4 is 10.9 Å². The second-order valence-electron chi connectivity index (χ2n) is 7.97. The van der Waals surface area contributed by atoms with E-state index in [1.54, 1.807) is 61.5 Å². The number of pyridine rings is 1. The second-order valence-corrected chi connectivity index (χ2v) is 8.96. The Morgan fingerprint density at radius 2 is 1.73 bits per heavy atom. The highest BCUT2D eigenvalue weighted by Gasteiger charge is 2.16. The highest BCUT2D eigenvalue weighted by molar-refractivity contribution is 7.98. The summed E-state index contributed by atoms with van der Waals surface area (Å²) in [6.07, 6.45) is 0. The van der Waals surface area contributed by atoms with Crippen molar-refractivity contribution >= 4 is 29.3 Å². The van der Waals surface area contributed by atoms with Crippen molar-refractivity contribution in [3.63, 3.8) is 0 Å². The minimum atomic E-state index is -0.404. The van der Waals surface area contributed by atoms with E-state index in [2.05, 4.69) is 16.4 Å². The van der Waals surface area contributed by atoms with E-state index in [0.717, 1.165) is 5.56 Å². The molecule has 37 heavy (non-hydrogen) atoms. The molecule has 2 N–H and O–H groups in total. The van der Waals surface area contributed by atoms with E-state index >= 15 is 0 Å². The minimum Gasteiger partial charge on any atom is -0.462 e. The number of benzene rings is 3. The first-order valence-corrected chi connectivity index (χ1v) is 12.5. The van der Waals surface area contributed by atoms with E-state index in [1.165, 1.54) is 17.8 Å². The number of amides is 1. The number of ether oxygens (including phenoxy) is 1. The molecule has 0 aliphatic carbocycles. The first-order valence-electron chi connectivity index (χ1n) is 11.5. The molecular formula is C29H23N3O4S. The molecule has 0 bridgehead atoms. The fraction of sp³-hybridized carbons (Fsp3) is 0.103. The molecule has 4 aromatic rings. The molecule has 0 saturated carbocycles. The number of hydrogen-bond acceptors (Lipinski definition) is 6. The normalized spacial score (nSPS) is 10.4. The monoisotopic (exact) mass is 509 g/mol. The summed E-state index contributed by atoms with van der Waals surface area (Å²) in [6.45, 7) is 2.03. The van der Waals surface area contributed by atoms with Gasteiger partial charge in [-0.2, -0.15) is 5.26 Å². The molecule has 0 unspecified atom stereocenters. The molecule has 0 radical (unpaired) electrons. The number of thioether (sulfide) groups is 1. The Balaban J connectivity index is 1.60. The zero-order valence-electron chi connectivity index (χ0n) is 20.0. The molecule has 0 atom stereocenters. The smallest absolute Gasteiger partial charge is 0.338 e. The predicted octanol–water partition coefficient (Wildman–Crippen LogP) is 5.63. The van der Waals surface area contributed by atoms with Gasteiger partial charge in [0.25, 0.3) is 5.91 Å². The highest BCUT2D eigenvalue weighted by Crippen LogP contribution is 2.31. The van der Waals surface area contributed by atoms with Crippen molar-refractivity contribution in [2.75, 3.05) is 11.9 Å². The molecule has 1 amide bonds. The SMILES string of the molecule is CCOC(=O)c1cccc(CSc2[nH]c(=O)cc(-c3cccc(C(=O)Nc4ccccc4)c3)c2C#N)c1. The Morgan fingerprint density at radius 3 is 2.49 bits per heavy atom. The highest BCUT2D eigenvalue weighted by atomic mass is 32.2. The van der Waals surface area contributed by atoms with Crippen LogP contribution in [0, 0.1) is 11.3 Å². The van der Waals surface area contributed by atoms with Gasteiger partial charge in [-0.25, -0.2) is 4.79 Å². The summed E-state index contributed by atoms with van der Waals surface area (Å²) in [6, 6.07) is 26.5. The Bertz CT molecular complexity index is 1540. The van der Waals surface area contributed by atoms with E-state index in [9.17, 15) is 19.6 Å². The summed E-state index contributed by atoms with van der Waals surface area (Å²) in [5.41, 5.74) is 3.28. The largest absolute Gasteiger partial charge is 0.462 e. The average Bonchev–Trinajstić information content (AvgIpc) is 2.92. The molecule has 0 saturated heterocycles. The standard InChI is InChI=1S/C29H23N3O4S/c1-2-36-29(35)22-11-6-8-19(14-22)18-37-28-25(17-30)24(16-26(33)32-28)20-9-7-10-21(15-20)27(34)31-23-12-4-3-5-13-23/h3-16H,2,18H2,1H3,(H,31,34)(H,32,33). The van der Waals surface area contributed by atoms with E-state index in [1.807, 2.05) is 24.3 Å². The molecule has 4 rings (SSSR count). The Kier molecular flexibility index (Phi) is 8.18. The topological polar surface area (TPSA) is 112 Å². The molecule has 8 heteroatoms. The van der Waals surface area contributed by atoms with Gasteiger partial charge in [-0.1, -0.05) is 42.5 Å². The van der Waals surface area contributed by atoms with E-state index in [4.69, 9.17) is 4.74 Å². The lowest BCUT2D eigenvalue weighted by Crippen LogP contribution is -2.12. The number of nitriles is 1. The van der Waals surface area contributed by atoms with Gasteiger partial charge >= 0.3 is 5.97 Å². The number of nitrogens with zero attached hydrogens (tertiary/aromatic N) is 1. The van der Waals surface area contributed by atoms with Gasteiger partial charge in [0.1, 0.15) is 6.07 Å². The lowest BCUT2D eigenvalue weighted by molar-refractivity contribution is 0.0526. The fourth-order valence-electron chi connectivity index (χ4n) is 3.69. The van der Waals surface area contributed by atoms with Crippen LogP contribution in [0.15, 0.2) is 94.7 Å². The second kappa shape index (κ2) is 11.9. The van der Waals surface area contributed by atoms with E-state index < -0.39 is 5.97 Å². The molecule has 1 aromatic heterocycles. The summed E-state index contributed by atoms with van der Waals surface area (Å²) in [4.78, 5) is 40.1. The third kappa shape index (κ3) is 6.34. The number of carbonyl (C=O) groups excluding carboxylic acids is 2. The quantitative estimate of drug-likeness (QED) is 0.235. The maximum absolute atomic E-state index is 12.8. The van der Waals surface area contributed by atoms with Gasteiger partial charge in [0.15, 0.2) is 0 Å². The van der Waals surface area contributed by atoms with Crippen molar-refractivity contribution in [2.24, 2.45) is 0 Å². The summed E-state index contributed by atoms with van der Waals surface area (Å²) >= 11 is 1.28. The van der Waals surface area contributed by atoms with Crippen LogP contribution >= 0.6 is 11.8 Å². The summed E-state index contributed by atoms with van der Waals surface area (Å²) in [5, 5.41) is 13.2. The molecule has 3 aromatic carbocycles. The first kappa shape index (κ1) is 25.5. The number of rotatable bonds is 8. The van der Waals surface area contributed by atoms with Crippen molar-refractivity contribution in [1.29, 1.82) is 5.26 Å². The molecule has 0 spiro atoms. The first-order chi connectivity index (χ1) is 18.0. The third-order valence-corrected chi connectivity index (χ3v) is 6.48. The van der Waals surface area contributed by atoms with Crippen molar-refractivity contribution in [3.05, 3.63) is 118 Å². The van der Waals surface area contributed by atoms with Crippen LogP contribution in [-0.2, 0) is 10.5 Å². The number of aromatic amines is 1. The summed E-state index contributed by atoms with van der Waals surface area (Å²) in [5.74, 6) is -0.285. The van der Waals surface area contributed by atoms with Gasteiger partial charge in [0.2, 0.25) is 5.56 Å². The van der Waals surface area contributed by atoms with Crippen LogP contribution in [0.1, 0.15) is 38.8 Å². The fourth-order valence-corrected chi connectivity index (χ4v) is 4.66. The predicted molar refractivity (Wildman–Crippen MR) is 144 cm³/mol. The van der Waals surface area contributed by atoms with Crippen molar-refractivity contribution in [3.8, 4) is 17.2 Å². The van der Waals surface area contributed by atoms with Crippen molar-refractivity contribution < 1.29 is 14.3 Å². The maximum Gasteiger partial charge on any atom is 0.338 e. The van der Waals surface area contributed by atoms with Gasteiger partial charge < -0.3 is 15.0 Å². The minimum absolute atomic E-state index is 0.284. The average molecular weight is 510 g/mol. The number of aromatic nitrogens is 1. The van der Waals surface area contributed by atoms with Gasteiger partial charge in [-0.15, -0.1) is 11.8 Å². The number of para-hydroxylation sites is 1. The third-order valence-electron chi connectivity index (χ3n) is 5.41. The molecule has 0 aliphatic rings. The van der Waals surface area contributed by atoms with Gasteiger partial charge in [0, 0.05) is 28.6 Å². The zero-order chi connectivity index (χ0) is 26.2. The molecule has 0 fully saturated rings.